The van der Waals surface area contributed by atoms with Gasteiger partial charge in [0, 0.05) is 24.7 Å². The van der Waals surface area contributed by atoms with Crippen molar-refractivity contribution in [1.29, 1.82) is 0 Å². The smallest absolute Gasteiger partial charge is 0.271 e. The van der Waals surface area contributed by atoms with Crippen molar-refractivity contribution in [2.24, 2.45) is 0 Å². The number of H-pyrrole nitrogens is 1. The van der Waals surface area contributed by atoms with Gasteiger partial charge in [-0.15, -0.1) is 0 Å². The van der Waals surface area contributed by atoms with Crippen LogP contribution < -0.4 is 5.56 Å². The Hall–Kier alpha value is -3.22. The number of rotatable bonds is 3. The summed E-state index contributed by atoms with van der Waals surface area (Å²) in [6, 6.07) is 13.1. The highest BCUT2D eigenvalue weighted by Crippen LogP contribution is 2.23. The fourth-order valence-corrected chi connectivity index (χ4v) is 3.31. The van der Waals surface area contributed by atoms with Crippen molar-refractivity contribution in [3.63, 3.8) is 0 Å². The molecule has 1 aliphatic rings. The lowest BCUT2D eigenvalue weighted by molar-refractivity contribution is 0.0682. The molecule has 1 N–H and O–H groups in total. The third-order valence-corrected chi connectivity index (χ3v) is 4.72. The molecule has 0 aliphatic carbocycles. The Morgan fingerprint density at radius 2 is 1.85 bits per heavy atom. The van der Waals surface area contributed by atoms with Gasteiger partial charge in [0.2, 0.25) is 0 Å². The fraction of sp³-hybridized carbons (Fsp3) is 0.263. The second kappa shape index (κ2) is 6.95. The predicted molar refractivity (Wildman–Crippen MR) is 96.7 cm³/mol. The van der Waals surface area contributed by atoms with E-state index in [0.717, 1.165) is 11.3 Å². The van der Waals surface area contributed by atoms with Crippen LogP contribution in [-0.2, 0) is 0 Å². The monoisotopic (exact) mass is 349 g/mol. The first-order valence-electron chi connectivity index (χ1n) is 8.65. The number of nitrogens with zero attached hydrogens (tertiary/aromatic N) is 4. The van der Waals surface area contributed by atoms with Gasteiger partial charge < -0.3 is 9.88 Å². The van der Waals surface area contributed by atoms with Crippen LogP contribution in [0.4, 0.5) is 0 Å². The van der Waals surface area contributed by atoms with Gasteiger partial charge in [0.25, 0.3) is 11.5 Å². The van der Waals surface area contributed by atoms with Crippen LogP contribution in [-0.4, -0.2) is 43.6 Å². The maximum Gasteiger partial charge on any atom is 0.271 e. The first-order chi connectivity index (χ1) is 12.7. The molecule has 2 aromatic heterocycles. The number of carbonyl (C=O) groups excluding carboxylic acids is 1. The van der Waals surface area contributed by atoms with Crippen LogP contribution >= 0.6 is 0 Å². The summed E-state index contributed by atoms with van der Waals surface area (Å²) in [6.45, 7) is 1.18. The van der Waals surface area contributed by atoms with E-state index in [1.165, 1.54) is 12.5 Å². The Morgan fingerprint density at radius 3 is 2.54 bits per heavy atom. The third kappa shape index (κ3) is 3.15. The molecule has 1 fully saturated rings. The topological polar surface area (TPSA) is 83.9 Å². The SMILES string of the molecule is O=C(c1cnc[nH]1)N1CCC(n2nc(-c3ccccc3)ccc2=O)CC1. The normalized spacial score (nSPS) is 15.2. The van der Waals surface area contributed by atoms with Gasteiger partial charge >= 0.3 is 0 Å². The largest absolute Gasteiger partial charge is 0.341 e. The highest BCUT2D eigenvalue weighted by molar-refractivity contribution is 5.92. The number of aromatic nitrogens is 4. The lowest BCUT2D eigenvalue weighted by Crippen LogP contribution is -2.41. The molecular formula is C19H19N5O2. The van der Waals surface area contributed by atoms with Gasteiger partial charge in [0.05, 0.1) is 24.3 Å². The zero-order valence-corrected chi connectivity index (χ0v) is 14.2. The molecule has 132 valence electrons. The zero-order valence-electron chi connectivity index (χ0n) is 14.2. The molecule has 3 aromatic rings. The number of benzene rings is 1. The minimum absolute atomic E-state index is 0.00280. The first-order valence-corrected chi connectivity index (χ1v) is 8.65. The molecule has 0 bridgehead atoms. The van der Waals surface area contributed by atoms with Crippen LogP contribution in [0.15, 0.2) is 59.8 Å². The molecule has 3 heterocycles. The Labute approximate surface area is 150 Å². The molecule has 4 rings (SSSR count). The molecule has 1 aliphatic heterocycles. The quantitative estimate of drug-likeness (QED) is 0.785. The summed E-state index contributed by atoms with van der Waals surface area (Å²) in [5.41, 5.74) is 2.14. The van der Waals surface area contributed by atoms with E-state index >= 15 is 0 Å². The molecular weight excluding hydrogens is 330 g/mol. The summed E-state index contributed by atoms with van der Waals surface area (Å²) >= 11 is 0. The number of likely N-dealkylation sites (tertiary alicyclic amines) is 1. The number of hydrogen-bond donors (Lipinski definition) is 1. The molecule has 0 atom stereocenters. The van der Waals surface area contributed by atoms with Crippen molar-refractivity contribution in [2.45, 2.75) is 18.9 Å². The van der Waals surface area contributed by atoms with Crippen molar-refractivity contribution in [1.82, 2.24) is 24.6 Å². The van der Waals surface area contributed by atoms with Gasteiger partial charge in [-0.2, -0.15) is 5.10 Å². The average Bonchev–Trinajstić information content (AvgIpc) is 3.23. The number of aromatic amines is 1. The Kier molecular flexibility index (Phi) is 4.35. The Bertz CT molecular complexity index is 942. The van der Waals surface area contributed by atoms with Gasteiger partial charge in [-0.05, 0) is 18.9 Å². The molecule has 0 radical (unpaired) electrons. The van der Waals surface area contributed by atoms with Crippen LogP contribution in [0.5, 0.6) is 0 Å². The summed E-state index contributed by atoms with van der Waals surface area (Å²) in [7, 11) is 0. The third-order valence-electron chi connectivity index (χ3n) is 4.72. The van der Waals surface area contributed by atoms with Crippen molar-refractivity contribution in [2.75, 3.05) is 13.1 Å². The van der Waals surface area contributed by atoms with E-state index in [-0.39, 0.29) is 17.5 Å². The van der Waals surface area contributed by atoms with E-state index in [4.69, 9.17) is 0 Å². The van der Waals surface area contributed by atoms with Gasteiger partial charge in [-0.3, -0.25) is 9.59 Å². The molecule has 7 nitrogen and oxygen atoms in total. The average molecular weight is 349 g/mol. The number of carbonyl (C=O) groups is 1. The van der Waals surface area contributed by atoms with Crippen LogP contribution in [0.25, 0.3) is 11.3 Å². The molecule has 7 heteroatoms. The van der Waals surface area contributed by atoms with E-state index in [9.17, 15) is 9.59 Å². The molecule has 26 heavy (non-hydrogen) atoms. The van der Waals surface area contributed by atoms with Crippen LogP contribution in [0.1, 0.15) is 29.4 Å². The standard InChI is InChI=1S/C19H19N5O2/c25-18-7-6-16(14-4-2-1-3-5-14)22-24(18)15-8-10-23(11-9-15)19(26)17-12-20-13-21-17/h1-7,12-13,15H,8-11H2,(H,20,21). The number of nitrogens with one attached hydrogen (secondary N) is 1. The van der Waals surface area contributed by atoms with E-state index in [2.05, 4.69) is 15.1 Å². The molecule has 0 spiro atoms. The molecule has 0 saturated carbocycles. The molecule has 1 saturated heterocycles. The second-order valence-corrected chi connectivity index (χ2v) is 6.36. The van der Waals surface area contributed by atoms with Crippen molar-refractivity contribution in [3.05, 3.63) is 71.0 Å². The van der Waals surface area contributed by atoms with Gasteiger partial charge in [-0.1, -0.05) is 30.3 Å². The number of piperidine rings is 1. The van der Waals surface area contributed by atoms with E-state index < -0.39 is 0 Å². The summed E-state index contributed by atoms with van der Waals surface area (Å²) in [5, 5.41) is 4.57. The second-order valence-electron chi connectivity index (χ2n) is 6.36. The zero-order chi connectivity index (χ0) is 17.9. The molecule has 1 amide bonds. The molecule has 1 aromatic carbocycles. The Balaban J connectivity index is 1.51. The number of imidazole rings is 1. The summed E-state index contributed by atoms with van der Waals surface area (Å²) in [4.78, 5) is 33.2. The van der Waals surface area contributed by atoms with Crippen molar-refractivity contribution >= 4 is 5.91 Å². The number of amides is 1. The van der Waals surface area contributed by atoms with Crippen molar-refractivity contribution in [3.8, 4) is 11.3 Å². The minimum atomic E-state index is -0.108. The van der Waals surface area contributed by atoms with Gasteiger partial charge in [-0.25, -0.2) is 9.67 Å². The van der Waals surface area contributed by atoms with E-state index in [0.29, 0.717) is 31.6 Å². The first kappa shape index (κ1) is 16.3. The molecule has 0 unspecified atom stereocenters. The van der Waals surface area contributed by atoms with Crippen LogP contribution in [0.3, 0.4) is 0 Å². The fourth-order valence-electron chi connectivity index (χ4n) is 3.31. The van der Waals surface area contributed by atoms with Crippen molar-refractivity contribution < 1.29 is 4.79 Å². The lowest BCUT2D eigenvalue weighted by atomic mass is 10.0. The van der Waals surface area contributed by atoms with E-state index in [1.54, 1.807) is 21.7 Å². The lowest BCUT2D eigenvalue weighted by Gasteiger charge is -2.32. The maximum absolute atomic E-state index is 12.4. The maximum atomic E-state index is 12.4. The summed E-state index contributed by atoms with van der Waals surface area (Å²) in [6.07, 6.45) is 4.43. The van der Waals surface area contributed by atoms with Gasteiger partial charge in [0.15, 0.2) is 0 Å². The predicted octanol–water partition coefficient (Wildman–Crippen LogP) is 2.11. The summed E-state index contributed by atoms with van der Waals surface area (Å²) in [5.74, 6) is -0.0562. The Morgan fingerprint density at radius 1 is 1.08 bits per heavy atom. The minimum Gasteiger partial charge on any atom is -0.341 e. The van der Waals surface area contributed by atoms with Crippen LogP contribution in [0.2, 0.25) is 0 Å². The summed E-state index contributed by atoms with van der Waals surface area (Å²) < 4.78 is 1.57. The highest BCUT2D eigenvalue weighted by Gasteiger charge is 2.26. The highest BCUT2D eigenvalue weighted by atomic mass is 16.2. The van der Waals surface area contributed by atoms with E-state index in [1.807, 2.05) is 30.3 Å². The van der Waals surface area contributed by atoms with Gasteiger partial charge in [0.1, 0.15) is 5.69 Å². The number of hydrogen-bond acceptors (Lipinski definition) is 4. The van der Waals surface area contributed by atoms with Crippen LogP contribution in [0, 0.1) is 0 Å².